The number of hydrogen-bond acceptors (Lipinski definition) is 3. The van der Waals surface area contributed by atoms with Gasteiger partial charge in [0.25, 0.3) is 0 Å². The van der Waals surface area contributed by atoms with E-state index in [4.69, 9.17) is 4.74 Å². The minimum Gasteiger partial charge on any atom is -0.454 e. The maximum absolute atomic E-state index is 14.0. The summed E-state index contributed by atoms with van der Waals surface area (Å²) in [5, 5.41) is 10.3. The van der Waals surface area contributed by atoms with E-state index in [9.17, 15) is 9.50 Å². The summed E-state index contributed by atoms with van der Waals surface area (Å²) in [6.45, 7) is 1.59. The first kappa shape index (κ1) is 13.5. The predicted octanol–water partition coefficient (Wildman–Crippen LogP) is 4.22. The molecule has 0 saturated heterocycles. The summed E-state index contributed by atoms with van der Waals surface area (Å²) >= 11 is 0. The van der Waals surface area contributed by atoms with Gasteiger partial charge in [0.15, 0.2) is 11.6 Å². The molecule has 3 nitrogen and oxygen atoms in total. The van der Waals surface area contributed by atoms with Crippen molar-refractivity contribution in [2.24, 2.45) is 0 Å². The van der Waals surface area contributed by atoms with Crippen molar-refractivity contribution in [3.8, 4) is 11.5 Å². The molecule has 0 saturated carbocycles. The normalized spacial score (nSPS) is 12.3. The molecule has 3 aromatic rings. The maximum atomic E-state index is 14.0. The average molecular weight is 283 g/mol. The first-order valence-electron chi connectivity index (χ1n) is 6.64. The number of fused-ring (bicyclic) bond motifs is 1. The van der Waals surface area contributed by atoms with E-state index in [0.29, 0.717) is 11.3 Å². The molecule has 0 aliphatic carbocycles. The average Bonchev–Trinajstić information content (AvgIpc) is 2.49. The third-order valence-corrected chi connectivity index (χ3v) is 3.26. The van der Waals surface area contributed by atoms with Gasteiger partial charge in [-0.2, -0.15) is 0 Å². The molecule has 1 N–H and O–H groups in total. The van der Waals surface area contributed by atoms with Gasteiger partial charge in [0, 0.05) is 11.6 Å². The van der Waals surface area contributed by atoms with Crippen molar-refractivity contribution >= 4 is 10.9 Å². The summed E-state index contributed by atoms with van der Waals surface area (Å²) in [4.78, 5) is 4.24. The molecule has 0 aliphatic heterocycles. The molecule has 0 fully saturated rings. The van der Waals surface area contributed by atoms with E-state index in [2.05, 4.69) is 4.98 Å². The summed E-state index contributed by atoms with van der Waals surface area (Å²) in [6, 6.07) is 13.6. The lowest BCUT2D eigenvalue weighted by Gasteiger charge is -2.11. The lowest BCUT2D eigenvalue weighted by molar-refractivity contribution is 0.198. The number of rotatable bonds is 3. The second-order valence-corrected chi connectivity index (χ2v) is 4.79. The SMILES string of the molecule is CC(O)c1ccc(Oc2cccc3ncccc23)c(F)c1. The topological polar surface area (TPSA) is 42.4 Å². The van der Waals surface area contributed by atoms with Crippen LogP contribution >= 0.6 is 0 Å². The van der Waals surface area contributed by atoms with Gasteiger partial charge < -0.3 is 9.84 Å². The Balaban J connectivity index is 1.99. The summed E-state index contributed by atoms with van der Waals surface area (Å²) in [6.07, 6.45) is 0.986. The zero-order chi connectivity index (χ0) is 14.8. The lowest BCUT2D eigenvalue weighted by atomic mass is 10.1. The second kappa shape index (κ2) is 5.50. The standard InChI is InChI=1S/C17H14FNO2/c1-11(20)12-7-8-17(14(18)10-12)21-16-6-2-5-15-13(16)4-3-9-19-15/h2-11,20H,1H3. The van der Waals surface area contributed by atoms with Crippen molar-refractivity contribution in [3.05, 3.63) is 66.1 Å². The quantitative estimate of drug-likeness (QED) is 0.782. The molecule has 0 amide bonds. The van der Waals surface area contributed by atoms with E-state index in [1.807, 2.05) is 24.3 Å². The highest BCUT2D eigenvalue weighted by atomic mass is 19.1. The van der Waals surface area contributed by atoms with Crippen LogP contribution in [0.25, 0.3) is 10.9 Å². The molecule has 21 heavy (non-hydrogen) atoms. The fraction of sp³-hybridized carbons (Fsp3) is 0.118. The van der Waals surface area contributed by atoms with Crippen LogP contribution in [-0.2, 0) is 0 Å². The Morgan fingerprint density at radius 2 is 1.95 bits per heavy atom. The molecule has 0 aliphatic rings. The van der Waals surface area contributed by atoms with Crippen LogP contribution in [0.2, 0.25) is 0 Å². The fourth-order valence-electron chi connectivity index (χ4n) is 2.14. The summed E-state index contributed by atoms with van der Waals surface area (Å²) in [5.41, 5.74) is 1.30. The molecule has 1 unspecified atom stereocenters. The molecule has 1 aromatic heterocycles. The number of halogens is 1. The van der Waals surface area contributed by atoms with Crippen molar-refractivity contribution in [3.63, 3.8) is 0 Å². The summed E-state index contributed by atoms with van der Waals surface area (Å²) < 4.78 is 19.7. The number of nitrogens with zero attached hydrogens (tertiary/aromatic N) is 1. The molecule has 0 spiro atoms. The molecule has 1 heterocycles. The van der Waals surface area contributed by atoms with E-state index in [-0.39, 0.29) is 5.75 Å². The number of aromatic nitrogens is 1. The molecule has 3 rings (SSSR count). The Morgan fingerprint density at radius 3 is 2.71 bits per heavy atom. The van der Waals surface area contributed by atoms with Crippen molar-refractivity contribution in [1.29, 1.82) is 0 Å². The number of aliphatic hydroxyl groups is 1. The second-order valence-electron chi connectivity index (χ2n) is 4.79. The van der Waals surface area contributed by atoms with Gasteiger partial charge in [-0.1, -0.05) is 12.1 Å². The molecular formula is C17H14FNO2. The first-order valence-corrected chi connectivity index (χ1v) is 6.64. The smallest absolute Gasteiger partial charge is 0.166 e. The Morgan fingerprint density at radius 1 is 1.10 bits per heavy atom. The molecule has 4 heteroatoms. The monoisotopic (exact) mass is 283 g/mol. The van der Waals surface area contributed by atoms with Crippen LogP contribution in [-0.4, -0.2) is 10.1 Å². The van der Waals surface area contributed by atoms with Crippen molar-refractivity contribution in [2.75, 3.05) is 0 Å². The highest BCUT2D eigenvalue weighted by Crippen LogP contribution is 2.31. The fourth-order valence-corrected chi connectivity index (χ4v) is 2.14. The van der Waals surface area contributed by atoms with Gasteiger partial charge >= 0.3 is 0 Å². The Kier molecular flexibility index (Phi) is 3.54. The van der Waals surface area contributed by atoms with E-state index >= 15 is 0 Å². The zero-order valence-electron chi connectivity index (χ0n) is 11.5. The minimum atomic E-state index is -0.713. The van der Waals surface area contributed by atoms with Crippen LogP contribution in [0.1, 0.15) is 18.6 Å². The molecule has 1 atom stereocenters. The van der Waals surface area contributed by atoms with Gasteiger partial charge in [-0.05, 0) is 48.9 Å². The van der Waals surface area contributed by atoms with E-state index in [0.717, 1.165) is 10.9 Å². The van der Waals surface area contributed by atoms with Crippen molar-refractivity contribution in [2.45, 2.75) is 13.0 Å². The number of benzene rings is 2. The Labute approximate surface area is 121 Å². The van der Waals surface area contributed by atoms with E-state index in [1.165, 1.54) is 12.1 Å². The highest BCUT2D eigenvalue weighted by molar-refractivity contribution is 5.85. The van der Waals surface area contributed by atoms with Gasteiger partial charge in [0.2, 0.25) is 0 Å². The third-order valence-electron chi connectivity index (χ3n) is 3.26. The van der Waals surface area contributed by atoms with Gasteiger partial charge in [-0.15, -0.1) is 0 Å². The zero-order valence-corrected chi connectivity index (χ0v) is 11.5. The summed E-state index contributed by atoms with van der Waals surface area (Å²) in [5.74, 6) is 0.161. The number of hydrogen-bond donors (Lipinski definition) is 1. The van der Waals surface area contributed by atoms with Gasteiger partial charge in [-0.3, -0.25) is 4.98 Å². The molecule has 0 radical (unpaired) electrons. The first-order chi connectivity index (χ1) is 10.1. The maximum Gasteiger partial charge on any atom is 0.166 e. The predicted molar refractivity (Wildman–Crippen MR) is 78.9 cm³/mol. The number of ether oxygens (including phenoxy) is 1. The molecule has 2 aromatic carbocycles. The van der Waals surface area contributed by atoms with E-state index in [1.54, 1.807) is 25.3 Å². The van der Waals surface area contributed by atoms with Crippen molar-refractivity contribution in [1.82, 2.24) is 4.98 Å². The van der Waals surface area contributed by atoms with Crippen molar-refractivity contribution < 1.29 is 14.2 Å². The molecule has 0 bridgehead atoms. The molecule has 106 valence electrons. The van der Waals surface area contributed by atoms with Gasteiger partial charge in [0.1, 0.15) is 5.75 Å². The van der Waals surface area contributed by atoms with Gasteiger partial charge in [-0.25, -0.2) is 4.39 Å². The lowest BCUT2D eigenvalue weighted by Crippen LogP contribution is -1.95. The Hall–Kier alpha value is -2.46. The largest absolute Gasteiger partial charge is 0.454 e. The highest BCUT2D eigenvalue weighted by Gasteiger charge is 2.10. The minimum absolute atomic E-state index is 0.121. The number of aliphatic hydroxyl groups excluding tert-OH is 1. The summed E-state index contributed by atoms with van der Waals surface area (Å²) in [7, 11) is 0. The van der Waals surface area contributed by atoms with Crippen LogP contribution < -0.4 is 4.74 Å². The van der Waals surface area contributed by atoms with Crippen LogP contribution in [0.5, 0.6) is 11.5 Å². The Bertz CT molecular complexity index is 781. The van der Waals surface area contributed by atoms with Crippen LogP contribution in [0.4, 0.5) is 4.39 Å². The third kappa shape index (κ3) is 2.71. The molecular weight excluding hydrogens is 269 g/mol. The number of pyridine rings is 1. The van der Waals surface area contributed by atoms with Crippen LogP contribution in [0, 0.1) is 5.82 Å². The van der Waals surface area contributed by atoms with Crippen LogP contribution in [0.15, 0.2) is 54.7 Å². The van der Waals surface area contributed by atoms with E-state index < -0.39 is 11.9 Å². The van der Waals surface area contributed by atoms with Crippen LogP contribution in [0.3, 0.4) is 0 Å². The van der Waals surface area contributed by atoms with Gasteiger partial charge in [0.05, 0.1) is 11.6 Å².